The van der Waals surface area contributed by atoms with Crippen LogP contribution in [0, 0.1) is 5.92 Å². The van der Waals surface area contributed by atoms with Gasteiger partial charge in [-0.1, -0.05) is 18.5 Å². The second-order valence-electron chi connectivity index (χ2n) is 4.54. The van der Waals surface area contributed by atoms with Gasteiger partial charge in [0, 0.05) is 12.2 Å². The number of hydrogen-bond acceptors (Lipinski definition) is 2. The van der Waals surface area contributed by atoms with E-state index in [0.717, 1.165) is 12.6 Å². The molecule has 4 heteroatoms. The van der Waals surface area contributed by atoms with E-state index in [2.05, 4.69) is 24.3 Å². The summed E-state index contributed by atoms with van der Waals surface area (Å²) in [6.45, 7) is 5.49. The predicted octanol–water partition coefficient (Wildman–Crippen LogP) is 2.49. The van der Waals surface area contributed by atoms with Crippen molar-refractivity contribution in [3.8, 4) is 0 Å². The lowest BCUT2D eigenvalue weighted by atomic mass is 10.0. The molecule has 1 heterocycles. The smallest absolute Gasteiger partial charge is 0.0785 e. The molecule has 1 aromatic heterocycles. The average molecular weight is 228 g/mol. The van der Waals surface area contributed by atoms with Gasteiger partial charge in [0.1, 0.15) is 0 Å². The van der Waals surface area contributed by atoms with E-state index in [9.17, 15) is 0 Å². The lowest BCUT2D eigenvalue weighted by Crippen LogP contribution is -2.28. The van der Waals surface area contributed by atoms with Gasteiger partial charge < -0.3 is 5.32 Å². The molecule has 0 amide bonds. The van der Waals surface area contributed by atoms with Crippen molar-refractivity contribution in [3.63, 3.8) is 0 Å². The third kappa shape index (κ3) is 2.95. The summed E-state index contributed by atoms with van der Waals surface area (Å²) in [5.41, 5.74) is 0. The average Bonchev–Trinajstić information content (AvgIpc) is 2.95. The lowest BCUT2D eigenvalue weighted by Gasteiger charge is -2.20. The van der Waals surface area contributed by atoms with E-state index in [1.165, 1.54) is 12.8 Å². The van der Waals surface area contributed by atoms with Crippen molar-refractivity contribution in [2.45, 2.75) is 38.8 Å². The molecule has 1 saturated carbocycles. The van der Waals surface area contributed by atoms with Crippen LogP contribution in [0.15, 0.2) is 12.4 Å². The molecule has 0 saturated heterocycles. The zero-order valence-corrected chi connectivity index (χ0v) is 10.0. The molecule has 3 nitrogen and oxygen atoms in total. The normalized spacial score (nSPS) is 20.2. The molecule has 1 aliphatic carbocycles. The Labute approximate surface area is 95.8 Å². The van der Waals surface area contributed by atoms with Gasteiger partial charge >= 0.3 is 0 Å². The third-order valence-electron chi connectivity index (χ3n) is 3.12. The van der Waals surface area contributed by atoms with Crippen LogP contribution in [0.4, 0.5) is 0 Å². The molecule has 1 N–H and O–H groups in total. The first-order valence-electron chi connectivity index (χ1n) is 5.60. The molecule has 0 spiro atoms. The van der Waals surface area contributed by atoms with Crippen molar-refractivity contribution >= 4 is 11.6 Å². The first-order chi connectivity index (χ1) is 7.16. The van der Waals surface area contributed by atoms with Gasteiger partial charge in [-0.2, -0.15) is 5.10 Å². The highest BCUT2D eigenvalue weighted by atomic mass is 35.5. The van der Waals surface area contributed by atoms with Crippen LogP contribution in [0.2, 0.25) is 5.02 Å². The summed E-state index contributed by atoms with van der Waals surface area (Å²) in [5, 5.41) is 8.49. The topological polar surface area (TPSA) is 29.9 Å². The molecule has 1 aromatic rings. The summed E-state index contributed by atoms with van der Waals surface area (Å²) >= 11 is 5.85. The minimum Gasteiger partial charge on any atom is -0.314 e. The van der Waals surface area contributed by atoms with Gasteiger partial charge in [-0.3, -0.25) is 4.68 Å². The standard InChI is InChI=1S/C11H18ClN3/c1-8(5-13-11-3-4-11)9(2)15-7-10(12)6-14-15/h6-9,11,13H,3-5H2,1-2H3. The van der Waals surface area contributed by atoms with E-state index in [1.54, 1.807) is 6.20 Å². The molecular weight excluding hydrogens is 210 g/mol. The van der Waals surface area contributed by atoms with Gasteiger partial charge in [0.25, 0.3) is 0 Å². The monoisotopic (exact) mass is 227 g/mol. The van der Waals surface area contributed by atoms with E-state index in [4.69, 9.17) is 11.6 Å². The summed E-state index contributed by atoms with van der Waals surface area (Å²) in [4.78, 5) is 0. The van der Waals surface area contributed by atoms with Crippen LogP contribution in [-0.2, 0) is 0 Å². The lowest BCUT2D eigenvalue weighted by molar-refractivity contribution is 0.336. The van der Waals surface area contributed by atoms with Crippen LogP contribution in [0.3, 0.4) is 0 Å². The summed E-state index contributed by atoms with van der Waals surface area (Å²) in [6, 6.07) is 1.17. The number of rotatable bonds is 5. The van der Waals surface area contributed by atoms with Gasteiger partial charge in [-0.05, 0) is 32.2 Å². The summed E-state index contributed by atoms with van der Waals surface area (Å²) in [6.07, 6.45) is 6.27. The van der Waals surface area contributed by atoms with E-state index in [1.807, 2.05) is 10.9 Å². The van der Waals surface area contributed by atoms with E-state index in [0.29, 0.717) is 17.0 Å². The molecule has 1 fully saturated rings. The molecule has 1 aliphatic rings. The SMILES string of the molecule is CC(CNC1CC1)C(C)n1cc(Cl)cn1. The Balaban J connectivity index is 1.85. The molecule has 2 unspecified atom stereocenters. The van der Waals surface area contributed by atoms with E-state index in [-0.39, 0.29) is 0 Å². The van der Waals surface area contributed by atoms with E-state index < -0.39 is 0 Å². The highest BCUT2D eigenvalue weighted by Gasteiger charge is 2.22. The molecular formula is C11H18ClN3. The summed E-state index contributed by atoms with van der Waals surface area (Å²) < 4.78 is 1.95. The fourth-order valence-electron chi connectivity index (χ4n) is 1.61. The minimum absolute atomic E-state index is 0.392. The Kier molecular flexibility index (Phi) is 3.32. The molecule has 2 rings (SSSR count). The first kappa shape index (κ1) is 11.0. The number of nitrogens with zero attached hydrogens (tertiary/aromatic N) is 2. The molecule has 0 bridgehead atoms. The number of halogens is 1. The Morgan fingerprint density at radius 3 is 2.87 bits per heavy atom. The predicted molar refractivity (Wildman–Crippen MR) is 62.1 cm³/mol. The second kappa shape index (κ2) is 4.54. The molecule has 2 atom stereocenters. The van der Waals surface area contributed by atoms with Crippen LogP contribution in [0.5, 0.6) is 0 Å². The fourth-order valence-corrected chi connectivity index (χ4v) is 1.75. The highest BCUT2D eigenvalue weighted by Crippen LogP contribution is 2.22. The molecule has 0 aliphatic heterocycles. The molecule has 15 heavy (non-hydrogen) atoms. The van der Waals surface area contributed by atoms with Gasteiger partial charge in [-0.25, -0.2) is 0 Å². The maximum atomic E-state index is 5.85. The van der Waals surface area contributed by atoms with Crippen molar-refractivity contribution in [1.29, 1.82) is 0 Å². The Morgan fingerprint density at radius 1 is 1.60 bits per heavy atom. The Bertz CT molecular complexity index is 319. The molecule has 84 valence electrons. The number of aromatic nitrogens is 2. The van der Waals surface area contributed by atoms with Gasteiger partial charge in [0.05, 0.1) is 17.3 Å². The number of hydrogen-bond donors (Lipinski definition) is 1. The van der Waals surface area contributed by atoms with Gasteiger partial charge in [-0.15, -0.1) is 0 Å². The quantitative estimate of drug-likeness (QED) is 0.838. The largest absolute Gasteiger partial charge is 0.314 e. The van der Waals surface area contributed by atoms with Crippen LogP contribution in [0.25, 0.3) is 0 Å². The van der Waals surface area contributed by atoms with Crippen LogP contribution in [-0.4, -0.2) is 22.4 Å². The van der Waals surface area contributed by atoms with Crippen molar-refractivity contribution in [1.82, 2.24) is 15.1 Å². The zero-order chi connectivity index (χ0) is 10.8. The maximum Gasteiger partial charge on any atom is 0.0785 e. The van der Waals surface area contributed by atoms with E-state index >= 15 is 0 Å². The van der Waals surface area contributed by atoms with Crippen molar-refractivity contribution in [3.05, 3.63) is 17.4 Å². The molecule has 0 radical (unpaired) electrons. The minimum atomic E-state index is 0.392. The van der Waals surface area contributed by atoms with Gasteiger partial charge in [0.15, 0.2) is 0 Å². The van der Waals surface area contributed by atoms with Crippen molar-refractivity contribution < 1.29 is 0 Å². The van der Waals surface area contributed by atoms with Crippen molar-refractivity contribution in [2.75, 3.05) is 6.54 Å². The second-order valence-corrected chi connectivity index (χ2v) is 4.98. The highest BCUT2D eigenvalue weighted by molar-refractivity contribution is 6.30. The summed E-state index contributed by atoms with van der Waals surface area (Å²) in [7, 11) is 0. The number of nitrogens with one attached hydrogen (secondary N) is 1. The Hall–Kier alpha value is -0.540. The van der Waals surface area contributed by atoms with Crippen LogP contribution in [0.1, 0.15) is 32.7 Å². The maximum absolute atomic E-state index is 5.85. The molecule has 0 aromatic carbocycles. The first-order valence-corrected chi connectivity index (χ1v) is 5.97. The fraction of sp³-hybridized carbons (Fsp3) is 0.727. The zero-order valence-electron chi connectivity index (χ0n) is 9.28. The van der Waals surface area contributed by atoms with Crippen molar-refractivity contribution in [2.24, 2.45) is 5.92 Å². The van der Waals surface area contributed by atoms with Crippen LogP contribution < -0.4 is 5.32 Å². The van der Waals surface area contributed by atoms with Crippen LogP contribution >= 0.6 is 11.6 Å². The third-order valence-corrected chi connectivity index (χ3v) is 3.31. The van der Waals surface area contributed by atoms with Gasteiger partial charge in [0.2, 0.25) is 0 Å². The summed E-state index contributed by atoms with van der Waals surface area (Å²) in [5.74, 6) is 0.571. The Morgan fingerprint density at radius 2 is 2.33 bits per heavy atom.